The van der Waals surface area contributed by atoms with E-state index in [0.29, 0.717) is 38.2 Å². The van der Waals surface area contributed by atoms with Crippen LogP contribution in [0.15, 0.2) is 18.2 Å². The van der Waals surface area contributed by atoms with Crippen LogP contribution in [0.25, 0.3) is 0 Å². The normalized spacial score (nSPS) is 20.2. The predicted molar refractivity (Wildman–Crippen MR) is 103 cm³/mol. The number of rotatable bonds is 6. The minimum absolute atomic E-state index is 0.00371. The minimum Gasteiger partial charge on any atom is -0.496 e. The van der Waals surface area contributed by atoms with Crippen molar-refractivity contribution in [3.05, 3.63) is 29.3 Å². The highest BCUT2D eigenvalue weighted by molar-refractivity contribution is 5.88. The maximum absolute atomic E-state index is 12.7. The van der Waals surface area contributed by atoms with Gasteiger partial charge < -0.3 is 19.6 Å². The number of ether oxygens (including phenoxy) is 1. The highest BCUT2D eigenvalue weighted by atomic mass is 16.5. The van der Waals surface area contributed by atoms with Gasteiger partial charge in [0.15, 0.2) is 0 Å². The smallest absolute Gasteiger partial charge is 0.335 e. The van der Waals surface area contributed by atoms with Gasteiger partial charge in [-0.25, -0.2) is 4.79 Å². The number of carboxylic acids is 1. The summed E-state index contributed by atoms with van der Waals surface area (Å²) in [6.07, 6.45) is 4.97. The van der Waals surface area contributed by atoms with Crippen LogP contribution in [0.3, 0.4) is 0 Å². The molecule has 28 heavy (non-hydrogen) atoms. The van der Waals surface area contributed by atoms with Gasteiger partial charge in [0.2, 0.25) is 11.8 Å². The lowest BCUT2D eigenvalue weighted by atomic mass is 9.96. The molecule has 1 aromatic rings. The molecule has 0 radical (unpaired) electrons. The number of likely N-dealkylation sites (tertiary alicyclic amines) is 2. The van der Waals surface area contributed by atoms with Gasteiger partial charge in [0.05, 0.1) is 19.2 Å². The highest BCUT2D eigenvalue weighted by Gasteiger charge is 2.29. The van der Waals surface area contributed by atoms with Crippen molar-refractivity contribution >= 4 is 17.8 Å². The molecule has 1 atom stereocenters. The molecule has 0 spiro atoms. The largest absolute Gasteiger partial charge is 0.496 e. The number of hydrogen-bond donors (Lipinski definition) is 1. The summed E-state index contributed by atoms with van der Waals surface area (Å²) in [5, 5.41) is 9.22. The zero-order valence-electron chi connectivity index (χ0n) is 16.4. The van der Waals surface area contributed by atoms with Crippen LogP contribution >= 0.6 is 0 Å². The highest BCUT2D eigenvalue weighted by Crippen LogP contribution is 2.27. The molecule has 1 N–H and O–H groups in total. The van der Waals surface area contributed by atoms with Gasteiger partial charge in [-0.05, 0) is 55.4 Å². The van der Waals surface area contributed by atoms with Crippen LogP contribution in [-0.2, 0) is 16.0 Å². The number of carbonyl (C=O) groups excluding carboxylic acids is 2. The molecule has 2 fully saturated rings. The first kappa shape index (κ1) is 20.2. The molecule has 1 unspecified atom stereocenters. The van der Waals surface area contributed by atoms with Gasteiger partial charge in [0.1, 0.15) is 5.75 Å². The fourth-order valence-corrected chi connectivity index (χ4v) is 4.08. The molecule has 152 valence electrons. The Morgan fingerprint density at radius 2 is 2.04 bits per heavy atom. The van der Waals surface area contributed by atoms with Crippen molar-refractivity contribution in [2.45, 2.75) is 38.5 Å². The van der Waals surface area contributed by atoms with E-state index in [9.17, 15) is 19.5 Å². The monoisotopic (exact) mass is 388 g/mol. The average molecular weight is 388 g/mol. The molecule has 0 aromatic heterocycles. The lowest BCUT2D eigenvalue weighted by molar-refractivity contribution is -0.139. The maximum Gasteiger partial charge on any atom is 0.335 e. The van der Waals surface area contributed by atoms with Crippen molar-refractivity contribution in [1.82, 2.24) is 9.80 Å². The van der Waals surface area contributed by atoms with Gasteiger partial charge in [-0.3, -0.25) is 9.59 Å². The third-order valence-corrected chi connectivity index (χ3v) is 5.67. The lowest BCUT2D eigenvalue weighted by Crippen LogP contribution is -2.42. The Morgan fingerprint density at radius 1 is 1.21 bits per heavy atom. The molecular formula is C21H28N2O5. The number of carboxylic acid groups (broad SMARTS) is 1. The summed E-state index contributed by atoms with van der Waals surface area (Å²) in [5.74, 6) is 0.0433. The number of amides is 2. The molecule has 2 saturated heterocycles. The minimum atomic E-state index is -0.964. The number of carbonyl (C=O) groups is 3. The van der Waals surface area contributed by atoms with Crippen molar-refractivity contribution in [2.24, 2.45) is 5.92 Å². The van der Waals surface area contributed by atoms with Crippen molar-refractivity contribution in [2.75, 3.05) is 33.3 Å². The first-order valence-electron chi connectivity index (χ1n) is 9.93. The Morgan fingerprint density at radius 3 is 2.79 bits per heavy atom. The average Bonchev–Trinajstić information content (AvgIpc) is 3.05. The Kier molecular flexibility index (Phi) is 6.54. The number of aromatic carboxylic acids is 1. The SMILES string of the molecule is COc1ccc(C(=O)O)cc1CC1CCN(C(=O)CN2CCCCCC2=O)C1. The Bertz CT molecular complexity index is 748. The molecule has 0 saturated carbocycles. The summed E-state index contributed by atoms with van der Waals surface area (Å²) in [4.78, 5) is 39.6. The standard InChI is InChI=1S/C21H28N2O5/c1-28-18-7-6-16(21(26)27)12-17(18)11-15-8-10-23(13-15)20(25)14-22-9-4-2-3-5-19(22)24/h6-7,12,15H,2-5,8-11,13-14H2,1H3,(H,26,27). The maximum atomic E-state index is 12.7. The number of hydrogen-bond acceptors (Lipinski definition) is 4. The van der Waals surface area contributed by atoms with Gasteiger partial charge in [-0.1, -0.05) is 6.42 Å². The van der Waals surface area contributed by atoms with E-state index in [2.05, 4.69) is 0 Å². The summed E-state index contributed by atoms with van der Waals surface area (Å²) in [7, 11) is 1.57. The Labute approximate surface area is 165 Å². The van der Waals surface area contributed by atoms with Crippen LogP contribution in [0.4, 0.5) is 0 Å². The first-order chi connectivity index (χ1) is 13.5. The summed E-state index contributed by atoms with van der Waals surface area (Å²) < 4.78 is 5.37. The molecule has 2 amide bonds. The fourth-order valence-electron chi connectivity index (χ4n) is 4.08. The molecule has 0 bridgehead atoms. The van der Waals surface area contributed by atoms with Crippen LogP contribution in [-0.4, -0.2) is 66.0 Å². The quantitative estimate of drug-likeness (QED) is 0.807. The molecule has 2 heterocycles. The molecule has 3 rings (SSSR count). The lowest BCUT2D eigenvalue weighted by Gasteiger charge is -2.24. The van der Waals surface area contributed by atoms with Gasteiger partial charge >= 0.3 is 5.97 Å². The second-order valence-corrected chi connectivity index (χ2v) is 7.66. The van der Waals surface area contributed by atoms with E-state index in [-0.39, 0.29) is 29.8 Å². The fraction of sp³-hybridized carbons (Fsp3) is 0.571. The second-order valence-electron chi connectivity index (χ2n) is 7.66. The zero-order chi connectivity index (χ0) is 20.1. The second kappa shape index (κ2) is 9.08. The molecule has 2 aliphatic rings. The van der Waals surface area contributed by atoms with Crippen molar-refractivity contribution in [3.8, 4) is 5.75 Å². The molecule has 7 heteroatoms. The van der Waals surface area contributed by atoms with E-state index in [0.717, 1.165) is 31.2 Å². The van der Waals surface area contributed by atoms with Gasteiger partial charge in [-0.2, -0.15) is 0 Å². The zero-order valence-corrected chi connectivity index (χ0v) is 16.4. The molecule has 1 aromatic carbocycles. The topological polar surface area (TPSA) is 87.2 Å². The van der Waals surface area contributed by atoms with Gasteiger partial charge in [0.25, 0.3) is 0 Å². The number of nitrogens with zero attached hydrogens (tertiary/aromatic N) is 2. The Balaban J connectivity index is 1.59. The van der Waals surface area contributed by atoms with E-state index in [1.54, 1.807) is 24.1 Å². The van der Waals surface area contributed by atoms with Crippen molar-refractivity contribution < 1.29 is 24.2 Å². The number of methoxy groups -OCH3 is 1. The first-order valence-corrected chi connectivity index (χ1v) is 9.93. The van der Waals surface area contributed by atoms with Crippen LogP contribution in [0.1, 0.15) is 48.0 Å². The summed E-state index contributed by atoms with van der Waals surface area (Å²) >= 11 is 0. The molecule has 0 aliphatic carbocycles. The molecule has 2 aliphatic heterocycles. The third-order valence-electron chi connectivity index (χ3n) is 5.67. The van der Waals surface area contributed by atoms with E-state index in [1.165, 1.54) is 6.07 Å². The van der Waals surface area contributed by atoms with Crippen LogP contribution in [0.5, 0.6) is 5.75 Å². The van der Waals surface area contributed by atoms with Crippen LogP contribution in [0, 0.1) is 5.92 Å². The Hall–Kier alpha value is -2.57. The van der Waals surface area contributed by atoms with E-state index in [1.807, 2.05) is 4.90 Å². The molecule has 7 nitrogen and oxygen atoms in total. The van der Waals surface area contributed by atoms with E-state index < -0.39 is 5.97 Å². The summed E-state index contributed by atoms with van der Waals surface area (Å²) in [6, 6.07) is 4.87. The van der Waals surface area contributed by atoms with Crippen molar-refractivity contribution in [1.29, 1.82) is 0 Å². The van der Waals surface area contributed by atoms with Crippen LogP contribution in [0.2, 0.25) is 0 Å². The predicted octanol–water partition coefficient (Wildman–Crippen LogP) is 2.19. The van der Waals surface area contributed by atoms with Crippen LogP contribution < -0.4 is 4.74 Å². The summed E-state index contributed by atoms with van der Waals surface area (Å²) in [6.45, 7) is 2.14. The summed E-state index contributed by atoms with van der Waals surface area (Å²) in [5.41, 5.74) is 1.09. The van der Waals surface area contributed by atoms with E-state index in [4.69, 9.17) is 4.74 Å². The third kappa shape index (κ3) is 4.82. The molecular weight excluding hydrogens is 360 g/mol. The van der Waals surface area contributed by atoms with Crippen molar-refractivity contribution in [3.63, 3.8) is 0 Å². The van der Waals surface area contributed by atoms with Gasteiger partial charge in [-0.15, -0.1) is 0 Å². The van der Waals surface area contributed by atoms with E-state index >= 15 is 0 Å². The van der Waals surface area contributed by atoms with Gasteiger partial charge in [0, 0.05) is 26.1 Å². The number of benzene rings is 1.